The topological polar surface area (TPSA) is 32.8 Å². The molecule has 0 spiro atoms. The first-order valence-corrected chi connectivity index (χ1v) is 6.79. The van der Waals surface area contributed by atoms with Crippen molar-refractivity contribution in [2.75, 3.05) is 38.2 Å². The van der Waals surface area contributed by atoms with Gasteiger partial charge in [-0.2, -0.15) is 0 Å². The number of carbonyl (C=O) groups excluding carboxylic acids is 1. The smallest absolute Gasteiger partial charge is 0.409 e. The molecule has 0 saturated carbocycles. The molecule has 1 aliphatic heterocycles. The first kappa shape index (κ1) is 13.7. The van der Waals surface area contributed by atoms with E-state index in [0.717, 1.165) is 26.2 Å². The lowest BCUT2D eigenvalue weighted by Gasteiger charge is -2.35. The maximum absolute atomic E-state index is 11.4. The van der Waals surface area contributed by atoms with Gasteiger partial charge in [0.15, 0.2) is 0 Å². The molecule has 1 aliphatic rings. The van der Waals surface area contributed by atoms with Crippen molar-refractivity contribution in [3.63, 3.8) is 0 Å². The lowest BCUT2D eigenvalue weighted by atomic mass is 10.0. The van der Waals surface area contributed by atoms with Gasteiger partial charge < -0.3 is 14.5 Å². The molecule has 4 nitrogen and oxygen atoms in total. The zero-order valence-corrected chi connectivity index (χ0v) is 11.9. The molecule has 104 valence electrons. The molecule has 0 N–H and O–H groups in total. The van der Waals surface area contributed by atoms with Gasteiger partial charge in [0.05, 0.1) is 7.11 Å². The Morgan fingerprint density at radius 2 is 1.89 bits per heavy atom. The summed E-state index contributed by atoms with van der Waals surface area (Å²) in [7, 11) is 1.43. The van der Waals surface area contributed by atoms with Gasteiger partial charge >= 0.3 is 6.09 Å². The molecule has 1 heterocycles. The van der Waals surface area contributed by atoms with Crippen LogP contribution in [0.1, 0.15) is 25.3 Å². The third kappa shape index (κ3) is 3.19. The number of amides is 1. The van der Waals surface area contributed by atoms with Crippen molar-refractivity contribution in [1.29, 1.82) is 0 Å². The van der Waals surface area contributed by atoms with Crippen LogP contribution >= 0.6 is 0 Å². The summed E-state index contributed by atoms with van der Waals surface area (Å²) in [6, 6.07) is 8.66. The highest BCUT2D eigenvalue weighted by Crippen LogP contribution is 2.22. The van der Waals surface area contributed by atoms with Crippen molar-refractivity contribution in [2.24, 2.45) is 0 Å². The molecular formula is C15H22N2O2. The fourth-order valence-corrected chi connectivity index (χ4v) is 2.36. The van der Waals surface area contributed by atoms with E-state index in [9.17, 15) is 4.79 Å². The van der Waals surface area contributed by atoms with E-state index in [1.807, 2.05) is 0 Å². The quantitative estimate of drug-likeness (QED) is 0.821. The summed E-state index contributed by atoms with van der Waals surface area (Å²) in [4.78, 5) is 15.5. The number of ether oxygens (including phenoxy) is 1. The van der Waals surface area contributed by atoms with Gasteiger partial charge in [-0.05, 0) is 23.6 Å². The van der Waals surface area contributed by atoms with Gasteiger partial charge in [-0.25, -0.2) is 4.79 Å². The van der Waals surface area contributed by atoms with Crippen LogP contribution in [0.4, 0.5) is 10.5 Å². The van der Waals surface area contributed by atoms with Gasteiger partial charge in [0.25, 0.3) is 0 Å². The molecule has 1 fully saturated rings. The van der Waals surface area contributed by atoms with E-state index in [1.54, 1.807) is 4.90 Å². The largest absolute Gasteiger partial charge is 0.453 e. The second-order valence-electron chi connectivity index (χ2n) is 5.19. The molecule has 2 rings (SSSR count). The molecule has 0 unspecified atom stereocenters. The summed E-state index contributed by atoms with van der Waals surface area (Å²) in [5.41, 5.74) is 2.60. The molecule has 1 aromatic rings. The van der Waals surface area contributed by atoms with Crippen LogP contribution in [-0.4, -0.2) is 44.3 Å². The van der Waals surface area contributed by atoms with E-state index in [0.29, 0.717) is 5.92 Å². The Balaban J connectivity index is 2.01. The normalized spacial score (nSPS) is 15.8. The molecule has 0 aromatic heterocycles. The lowest BCUT2D eigenvalue weighted by molar-refractivity contribution is 0.121. The summed E-state index contributed by atoms with van der Waals surface area (Å²) in [5.74, 6) is 0.538. The highest BCUT2D eigenvalue weighted by molar-refractivity contribution is 5.68. The van der Waals surface area contributed by atoms with Gasteiger partial charge in [-0.3, -0.25) is 0 Å². The van der Waals surface area contributed by atoms with Crippen molar-refractivity contribution in [3.8, 4) is 0 Å². The molecule has 1 saturated heterocycles. The fourth-order valence-electron chi connectivity index (χ4n) is 2.36. The highest BCUT2D eigenvalue weighted by atomic mass is 16.5. The highest BCUT2D eigenvalue weighted by Gasteiger charge is 2.21. The van der Waals surface area contributed by atoms with Crippen LogP contribution in [0.3, 0.4) is 0 Å². The average molecular weight is 262 g/mol. The number of benzene rings is 1. The summed E-state index contributed by atoms with van der Waals surface area (Å²) in [6.07, 6.45) is -0.226. The van der Waals surface area contributed by atoms with E-state index in [1.165, 1.54) is 18.4 Å². The minimum Gasteiger partial charge on any atom is -0.453 e. The fraction of sp³-hybridized carbons (Fsp3) is 0.533. The van der Waals surface area contributed by atoms with Crippen LogP contribution in [-0.2, 0) is 4.74 Å². The maximum Gasteiger partial charge on any atom is 0.409 e. The molecule has 19 heavy (non-hydrogen) atoms. The van der Waals surface area contributed by atoms with Crippen molar-refractivity contribution < 1.29 is 9.53 Å². The molecule has 0 bridgehead atoms. The second-order valence-corrected chi connectivity index (χ2v) is 5.19. The third-order valence-electron chi connectivity index (χ3n) is 3.61. The van der Waals surface area contributed by atoms with Gasteiger partial charge in [-0.1, -0.05) is 26.0 Å². The van der Waals surface area contributed by atoms with E-state index in [2.05, 4.69) is 43.0 Å². The third-order valence-corrected chi connectivity index (χ3v) is 3.61. The number of carbonyl (C=O) groups is 1. The molecule has 1 amide bonds. The molecule has 0 aliphatic carbocycles. The summed E-state index contributed by atoms with van der Waals surface area (Å²) in [5, 5.41) is 0. The zero-order valence-electron chi connectivity index (χ0n) is 11.9. The van der Waals surface area contributed by atoms with Crippen LogP contribution in [0.15, 0.2) is 24.3 Å². The monoisotopic (exact) mass is 262 g/mol. The predicted octanol–water partition coefficient (Wildman–Crippen LogP) is 2.70. The minimum atomic E-state index is -0.226. The number of hydrogen-bond acceptors (Lipinski definition) is 3. The van der Waals surface area contributed by atoms with Gasteiger partial charge in [0.1, 0.15) is 0 Å². The van der Waals surface area contributed by atoms with E-state index in [4.69, 9.17) is 4.74 Å². The Morgan fingerprint density at radius 1 is 1.21 bits per heavy atom. The standard InChI is InChI=1S/C15H22N2O2/c1-12(2)13-5-4-6-14(11-13)16-7-9-17(10-8-16)15(18)19-3/h4-6,11-12H,7-10H2,1-3H3. The van der Waals surface area contributed by atoms with E-state index in [-0.39, 0.29) is 6.09 Å². The molecule has 0 radical (unpaired) electrons. The molecule has 4 heteroatoms. The Kier molecular flexibility index (Phi) is 4.30. The number of nitrogens with zero attached hydrogens (tertiary/aromatic N) is 2. The minimum absolute atomic E-state index is 0.226. The van der Waals surface area contributed by atoms with Crippen molar-refractivity contribution >= 4 is 11.8 Å². The first-order chi connectivity index (χ1) is 9.11. The number of rotatable bonds is 2. The number of anilines is 1. The summed E-state index contributed by atoms with van der Waals surface area (Å²) < 4.78 is 4.75. The van der Waals surface area contributed by atoms with Crippen LogP contribution in [0.5, 0.6) is 0 Å². The summed E-state index contributed by atoms with van der Waals surface area (Å²) >= 11 is 0. The predicted molar refractivity (Wildman–Crippen MR) is 76.7 cm³/mol. The van der Waals surface area contributed by atoms with Gasteiger partial charge in [-0.15, -0.1) is 0 Å². The van der Waals surface area contributed by atoms with Crippen molar-refractivity contribution in [3.05, 3.63) is 29.8 Å². The lowest BCUT2D eigenvalue weighted by Crippen LogP contribution is -2.48. The van der Waals surface area contributed by atoms with Crippen LogP contribution in [0, 0.1) is 0 Å². The SMILES string of the molecule is COC(=O)N1CCN(c2cccc(C(C)C)c2)CC1. The molecular weight excluding hydrogens is 240 g/mol. The van der Waals surface area contributed by atoms with E-state index < -0.39 is 0 Å². The Bertz CT molecular complexity index is 438. The second kappa shape index (κ2) is 5.95. The maximum atomic E-state index is 11.4. The Morgan fingerprint density at radius 3 is 2.47 bits per heavy atom. The molecule has 0 atom stereocenters. The number of piperazine rings is 1. The Labute approximate surface area is 115 Å². The molecule has 1 aromatic carbocycles. The van der Waals surface area contributed by atoms with Crippen molar-refractivity contribution in [2.45, 2.75) is 19.8 Å². The van der Waals surface area contributed by atoms with Crippen LogP contribution < -0.4 is 4.90 Å². The van der Waals surface area contributed by atoms with Crippen molar-refractivity contribution in [1.82, 2.24) is 4.90 Å². The van der Waals surface area contributed by atoms with Crippen LogP contribution in [0.2, 0.25) is 0 Å². The summed E-state index contributed by atoms with van der Waals surface area (Å²) in [6.45, 7) is 7.56. The van der Waals surface area contributed by atoms with Crippen LogP contribution in [0.25, 0.3) is 0 Å². The number of hydrogen-bond donors (Lipinski definition) is 0. The Hall–Kier alpha value is -1.71. The average Bonchev–Trinajstić information content (AvgIpc) is 2.46. The van der Waals surface area contributed by atoms with Gasteiger partial charge in [0.2, 0.25) is 0 Å². The zero-order chi connectivity index (χ0) is 13.8. The van der Waals surface area contributed by atoms with E-state index >= 15 is 0 Å². The van der Waals surface area contributed by atoms with Gasteiger partial charge in [0, 0.05) is 31.9 Å². The number of methoxy groups -OCH3 is 1. The first-order valence-electron chi connectivity index (χ1n) is 6.79.